The van der Waals surface area contributed by atoms with Gasteiger partial charge in [0.2, 0.25) is 4.96 Å². The molecule has 0 saturated heterocycles. The minimum atomic E-state index is -0.227. The summed E-state index contributed by atoms with van der Waals surface area (Å²) in [6, 6.07) is 8.71. The van der Waals surface area contributed by atoms with Crippen LogP contribution in [0, 0.1) is 0 Å². The largest absolute Gasteiger partial charge is 0.325 e. The third-order valence-electron chi connectivity index (χ3n) is 2.58. The normalized spacial score (nSPS) is 11.1. The summed E-state index contributed by atoms with van der Waals surface area (Å²) >= 11 is 7.28. The number of benzene rings is 1. The smallest absolute Gasteiger partial charge is 0.275 e. The Morgan fingerprint density at radius 1 is 1.37 bits per heavy atom. The second-order valence-corrected chi connectivity index (χ2v) is 5.29. The Balaban J connectivity index is 2.22. The molecule has 0 spiro atoms. The molecule has 0 unspecified atom stereocenters. The number of halogens is 1. The van der Waals surface area contributed by atoms with E-state index in [4.69, 9.17) is 17.3 Å². The molecule has 0 bridgehead atoms. The van der Waals surface area contributed by atoms with E-state index in [1.807, 2.05) is 12.1 Å². The Kier molecular flexibility index (Phi) is 3.06. The molecule has 0 aliphatic heterocycles. The summed E-state index contributed by atoms with van der Waals surface area (Å²) in [7, 11) is 0. The van der Waals surface area contributed by atoms with Gasteiger partial charge in [-0.2, -0.15) is 9.61 Å². The third-order valence-corrected chi connectivity index (χ3v) is 3.77. The number of hydrogen-bond acceptors (Lipinski definition) is 5. The molecule has 0 atom stereocenters. The van der Waals surface area contributed by atoms with Crippen LogP contribution in [0.25, 0.3) is 15.5 Å². The molecule has 3 rings (SSSR count). The molecule has 19 heavy (non-hydrogen) atoms. The van der Waals surface area contributed by atoms with E-state index in [0.29, 0.717) is 20.7 Å². The molecular weight excluding hydrogens is 284 g/mol. The fourth-order valence-electron chi connectivity index (χ4n) is 1.70. The standard InChI is InChI=1S/C12H9ClN4OS/c13-8-3-1-2-7(4-8)11-16-17-10(18)5-9(6-14)15-12(17)19-11/h1-5H,6,14H2. The van der Waals surface area contributed by atoms with Gasteiger partial charge in [-0.15, -0.1) is 0 Å². The van der Waals surface area contributed by atoms with Crippen LogP contribution in [0.3, 0.4) is 0 Å². The molecule has 0 aliphatic carbocycles. The maximum atomic E-state index is 11.9. The molecule has 3 aromatic rings. The molecule has 0 saturated carbocycles. The minimum Gasteiger partial charge on any atom is -0.325 e. The van der Waals surface area contributed by atoms with Crippen molar-refractivity contribution in [3.05, 3.63) is 51.4 Å². The fourth-order valence-corrected chi connectivity index (χ4v) is 2.81. The van der Waals surface area contributed by atoms with Crippen molar-refractivity contribution in [2.75, 3.05) is 0 Å². The maximum absolute atomic E-state index is 11.9. The average molecular weight is 293 g/mol. The summed E-state index contributed by atoms with van der Waals surface area (Å²) in [5.41, 5.74) is 6.70. The molecule has 0 aliphatic rings. The molecule has 7 heteroatoms. The van der Waals surface area contributed by atoms with Gasteiger partial charge in [0, 0.05) is 23.2 Å². The molecule has 1 aromatic carbocycles. The highest BCUT2D eigenvalue weighted by atomic mass is 35.5. The molecule has 0 amide bonds. The topological polar surface area (TPSA) is 73.3 Å². The van der Waals surface area contributed by atoms with Crippen LogP contribution in [0.1, 0.15) is 5.69 Å². The van der Waals surface area contributed by atoms with Crippen molar-refractivity contribution in [3.8, 4) is 10.6 Å². The minimum absolute atomic E-state index is 0.227. The number of nitrogens with zero attached hydrogens (tertiary/aromatic N) is 3. The molecule has 2 N–H and O–H groups in total. The van der Waals surface area contributed by atoms with Crippen molar-refractivity contribution in [2.45, 2.75) is 6.54 Å². The van der Waals surface area contributed by atoms with Crippen LogP contribution in [0.4, 0.5) is 0 Å². The molecule has 96 valence electrons. The highest BCUT2D eigenvalue weighted by Crippen LogP contribution is 2.26. The van der Waals surface area contributed by atoms with Crippen molar-refractivity contribution in [2.24, 2.45) is 5.73 Å². The summed E-state index contributed by atoms with van der Waals surface area (Å²) in [6.07, 6.45) is 0. The van der Waals surface area contributed by atoms with Gasteiger partial charge in [-0.05, 0) is 12.1 Å². The molecule has 0 radical (unpaired) electrons. The average Bonchev–Trinajstić information content (AvgIpc) is 2.83. The van der Waals surface area contributed by atoms with Gasteiger partial charge in [-0.25, -0.2) is 4.98 Å². The molecule has 2 heterocycles. The van der Waals surface area contributed by atoms with Crippen molar-refractivity contribution in [1.29, 1.82) is 0 Å². The highest BCUT2D eigenvalue weighted by Gasteiger charge is 2.10. The van der Waals surface area contributed by atoms with Crippen molar-refractivity contribution in [1.82, 2.24) is 14.6 Å². The maximum Gasteiger partial charge on any atom is 0.275 e. The zero-order chi connectivity index (χ0) is 13.4. The van der Waals surface area contributed by atoms with Crippen LogP contribution in [0.15, 0.2) is 35.1 Å². The summed E-state index contributed by atoms with van der Waals surface area (Å²) in [5, 5.41) is 5.58. The Morgan fingerprint density at radius 3 is 2.95 bits per heavy atom. The summed E-state index contributed by atoms with van der Waals surface area (Å²) in [6.45, 7) is 0.232. The van der Waals surface area contributed by atoms with Gasteiger partial charge in [0.05, 0.1) is 5.69 Å². The zero-order valence-electron chi connectivity index (χ0n) is 9.71. The van der Waals surface area contributed by atoms with Gasteiger partial charge in [-0.1, -0.05) is 35.1 Å². The number of fused-ring (bicyclic) bond motifs is 1. The predicted molar refractivity (Wildman–Crippen MR) is 75.5 cm³/mol. The lowest BCUT2D eigenvalue weighted by Gasteiger charge is -1.94. The van der Waals surface area contributed by atoms with Gasteiger partial charge in [0.1, 0.15) is 5.01 Å². The summed E-state index contributed by atoms with van der Waals surface area (Å²) < 4.78 is 1.28. The van der Waals surface area contributed by atoms with E-state index in [1.165, 1.54) is 21.9 Å². The summed E-state index contributed by atoms with van der Waals surface area (Å²) in [5.74, 6) is 0. The summed E-state index contributed by atoms with van der Waals surface area (Å²) in [4.78, 5) is 16.7. The van der Waals surface area contributed by atoms with Crippen molar-refractivity contribution in [3.63, 3.8) is 0 Å². The second-order valence-electron chi connectivity index (χ2n) is 3.90. The van der Waals surface area contributed by atoms with Gasteiger partial charge >= 0.3 is 0 Å². The van der Waals surface area contributed by atoms with E-state index in [1.54, 1.807) is 12.1 Å². The number of nitrogens with two attached hydrogens (primary N) is 1. The van der Waals surface area contributed by atoms with E-state index in [0.717, 1.165) is 5.56 Å². The molecule has 5 nitrogen and oxygen atoms in total. The lowest BCUT2D eigenvalue weighted by Crippen LogP contribution is -2.16. The van der Waals surface area contributed by atoms with E-state index in [-0.39, 0.29) is 12.1 Å². The first-order valence-electron chi connectivity index (χ1n) is 5.53. The van der Waals surface area contributed by atoms with Gasteiger partial charge in [0.25, 0.3) is 5.56 Å². The van der Waals surface area contributed by atoms with Crippen molar-refractivity contribution >= 4 is 27.9 Å². The lowest BCUT2D eigenvalue weighted by molar-refractivity contribution is 0.873. The number of rotatable bonds is 2. The fraction of sp³-hybridized carbons (Fsp3) is 0.0833. The first-order valence-corrected chi connectivity index (χ1v) is 6.72. The Bertz CT molecular complexity index is 811. The van der Waals surface area contributed by atoms with Gasteiger partial charge in [0.15, 0.2) is 0 Å². The van der Waals surface area contributed by atoms with E-state index >= 15 is 0 Å². The lowest BCUT2D eigenvalue weighted by atomic mass is 10.2. The van der Waals surface area contributed by atoms with E-state index in [9.17, 15) is 4.79 Å². The van der Waals surface area contributed by atoms with Crippen LogP contribution in [-0.4, -0.2) is 14.6 Å². The number of hydrogen-bond donors (Lipinski definition) is 1. The second kappa shape index (κ2) is 4.73. The molecular formula is C12H9ClN4OS. The Morgan fingerprint density at radius 2 is 2.21 bits per heavy atom. The van der Waals surface area contributed by atoms with Crippen LogP contribution in [-0.2, 0) is 6.54 Å². The highest BCUT2D eigenvalue weighted by molar-refractivity contribution is 7.19. The van der Waals surface area contributed by atoms with Crippen LogP contribution in [0.5, 0.6) is 0 Å². The molecule has 0 fully saturated rings. The molecule has 2 aromatic heterocycles. The first-order chi connectivity index (χ1) is 9.17. The van der Waals surface area contributed by atoms with E-state index < -0.39 is 0 Å². The van der Waals surface area contributed by atoms with Crippen LogP contribution >= 0.6 is 22.9 Å². The quantitative estimate of drug-likeness (QED) is 0.783. The third kappa shape index (κ3) is 2.25. The first kappa shape index (κ1) is 12.3. The van der Waals surface area contributed by atoms with Crippen molar-refractivity contribution < 1.29 is 0 Å². The van der Waals surface area contributed by atoms with E-state index in [2.05, 4.69) is 10.1 Å². The monoisotopic (exact) mass is 292 g/mol. The predicted octanol–water partition coefficient (Wildman–Crippen LogP) is 1.93. The zero-order valence-corrected chi connectivity index (χ0v) is 11.3. The van der Waals surface area contributed by atoms with Crippen LogP contribution in [0.2, 0.25) is 5.02 Å². The SMILES string of the molecule is NCc1cc(=O)n2nc(-c3cccc(Cl)c3)sc2n1. The van der Waals surface area contributed by atoms with Crippen LogP contribution < -0.4 is 11.3 Å². The number of aromatic nitrogens is 3. The van der Waals surface area contributed by atoms with Gasteiger partial charge < -0.3 is 5.73 Å². The Hall–Kier alpha value is -1.76. The van der Waals surface area contributed by atoms with Gasteiger partial charge in [-0.3, -0.25) is 4.79 Å². The Labute approximate surface area is 117 Å².